The number of halogens is 1. The van der Waals surface area contributed by atoms with E-state index in [1.165, 1.54) is 12.1 Å². The molecule has 0 radical (unpaired) electrons. The number of nitrogens with one attached hydrogen (secondary N) is 1. The molecule has 1 unspecified atom stereocenters. The fourth-order valence-corrected chi connectivity index (χ4v) is 3.95. The van der Waals surface area contributed by atoms with E-state index in [0.29, 0.717) is 33.2 Å². The summed E-state index contributed by atoms with van der Waals surface area (Å²) in [5.41, 5.74) is 3.95. The van der Waals surface area contributed by atoms with Gasteiger partial charge in [0, 0.05) is 35.0 Å². The van der Waals surface area contributed by atoms with E-state index in [1.807, 2.05) is 44.4 Å². The predicted octanol–water partition coefficient (Wildman–Crippen LogP) is 5.17. The maximum absolute atomic E-state index is 13.0. The van der Waals surface area contributed by atoms with E-state index >= 15 is 0 Å². The number of anilines is 1. The highest BCUT2D eigenvalue weighted by molar-refractivity contribution is 6.31. The number of nitrogens with zero attached hydrogens (tertiary/aromatic N) is 3. The van der Waals surface area contributed by atoms with Crippen molar-refractivity contribution in [3.8, 4) is 0 Å². The summed E-state index contributed by atoms with van der Waals surface area (Å²) in [5.74, 6) is -1.09. The number of fused-ring (bicyclic) bond motifs is 1. The van der Waals surface area contributed by atoms with Gasteiger partial charge in [0.25, 0.3) is 5.69 Å². The molecule has 0 aromatic heterocycles. The number of nitro benzene ring substituents is 1. The number of rotatable bonds is 6. The fourth-order valence-electron chi connectivity index (χ4n) is 3.76. The van der Waals surface area contributed by atoms with Crippen molar-refractivity contribution >= 4 is 40.3 Å². The van der Waals surface area contributed by atoms with Crippen LogP contribution in [0.5, 0.6) is 0 Å². The quantitative estimate of drug-likeness (QED) is 0.320. The van der Waals surface area contributed by atoms with E-state index in [0.717, 1.165) is 12.1 Å². The van der Waals surface area contributed by atoms with E-state index in [1.54, 1.807) is 24.3 Å². The van der Waals surface area contributed by atoms with Crippen LogP contribution < -0.4 is 5.32 Å². The minimum Gasteiger partial charge on any atom is -0.325 e. The Hall–Kier alpha value is -3.55. The van der Waals surface area contributed by atoms with Crippen molar-refractivity contribution in [3.05, 3.63) is 98.6 Å². The summed E-state index contributed by atoms with van der Waals surface area (Å²) in [6.07, 6.45) is 0. The summed E-state index contributed by atoms with van der Waals surface area (Å²) in [6.45, 7) is 0.799. The van der Waals surface area contributed by atoms with Crippen LogP contribution in [0.15, 0.2) is 71.7 Å². The molecule has 0 saturated carbocycles. The van der Waals surface area contributed by atoms with Crippen LogP contribution in [0.2, 0.25) is 5.02 Å². The molecule has 0 aliphatic carbocycles. The molecule has 7 nitrogen and oxygen atoms in total. The molecular weight excluding hydrogens is 428 g/mol. The standard InChI is InChI=1S/C24H21ClN4O3/c1-28(2)14-15-6-8-18(9-7-15)26-23(16-4-3-5-17(25)12-16)22-20-13-19(29(31)32)10-11-21(20)27-24(22)30/h3-13,22H,14H2,1-2H3,(H,27,30). The number of hydrogen-bond acceptors (Lipinski definition) is 5. The molecule has 1 atom stereocenters. The maximum atomic E-state index is 13.0. The zero-order valence-electron chi connectivity index (χ0n) is 17.6. The van der Waals surface area contributed by atoms with Gasteiger partial charge in [-0.2, -0.15) is 0 Å². The van der Waals surface area contributed by atoms with Gasteiger partial charge >= 0.3 is 0 Å². The molecule has 1 amide bonds. The van der Waals surface area contributed by atoms with Crippen LogP contribution in [0.1, 0.15) is 22.6 Å². The fraction of sp³-hybridized carbons (Fsp3) is 0.167. The van der Waals surface area contributed by atoms with Gasteiger partial charge in [-0.05, 0) is 55.6 Å². The first-order valence-corrected chi connectivity index (χ1v) is 10.4. The van der Waals surface area contributed by atoms with Crippen molar-refractivity contribution in [1.82, 2.24) is 4.90 Å². The first-order chi connectivity index (χ1) is 15.3. The molecule has 1 heterocycles. The van der Waals surface area contributed by atoms with Crippen molar-refractivity contribution in [2.24, 2.45) is 4.99 Å². The molecule has 1 aliphatic heterocycles. The van der Waals surface area contributed by atoms with E-state index in [2.05, 4.69) is 10.2 Å². The molecule has 3 aromatic rings. The summed E-state index contributed by atoms with van der Waals surface area (Å²) in [4.78, 5) is 30.7. The van der Waals surface area contributed by atoms with E-state index in [-0.39, 0.29) is 11.6 Å². The van der Waals surface area contributed by atoms with Crippen molar-refractivity contribution in [2.75, 3.05) is 19.4 Å². The molecule has 3 aromatic carbocycles. The van der Waals surface area contributed by atoms with Crippen molar-refractivity contribution in [3.63, 3.8) is 0 Å². The number of nitro groups is 1. The van der Waals surface area contributed by atoms with Crippen LogP contribution in [0.3, 0.4) is 0 Å². The van der Waals surface area contributed by atoms with Crippen molar-refractivity contribution in [1.29, 1.82) is 0 Å². The highest BCUT2D eigenvalue weighted by Gasteiger charge is 2.36. The normalized spacial score (nSPS) is 15.6. The largest absolute Gasteiger partial charge is 0.325 e. The van der Waals surface area contributed by atoms with Gasteiger partial charge < -0.3 is 10.2 Å². The summed E-state index contributed by atoms with van der Waals surface area (Å²) >= 11 is 6.22. The molecule has 1 N–H and O–H groups in total. The van der Waals surface area contributed by atoms with E-state index in [4.69, 9.17) is 16.6 Å². The van der Waals surface area contributed by atoms with Gasteiger partial charge in [-0.25, -0.2) is 0 Å². The SMILES string of the molecule is CN(C)Cc1ccc(N=C(c2cccc(Cl)c2)C2C(=O)Nc3ccc([N+](=O)[O-])cc32)cc1. The highest BCUT2D eigenvalue weighted by Crippen LogP contribution is 2.38. The molecule has 32 heavy (non-hydrogen) atoms. The van der Waals surface area contributed by atoms with E-state index < -0.39 is 10.8 Å². The average Bonchev–Trinajstić information content (AvgIpc) is 3.07. The minimum atomic E-state index is -0.801. The number of non-ortho nitro benzene ring substituents is 1. The number of benzene rings is 3. The molecule has 4 rings (SSSR count). The molecule has 0 bridgehead atoms. The van der Waals surface area contributed by atoms with Gasteiger partial charge in [-0.1, -0.05) is 35.9 Å². The summed E-state index contributed by atoms with van der Waals surface area (Å²) in [5, 5.41) is 14.6. The molecule has 0 saturated heterocycles. The lowest BCUT2D eigenvalue weighted by Gasteiger charge is -2.15. The zero-order valence-corrected chi connectivity index (χ0v) is 18.3. The second-order valence-corrected chi connectivity index (χ2v) is 8.30. The second-order valence-electron chi connectivity index (χ2n) is 7.86. The molecule has 1 aliphatic rings. The van der Waals surface area contributed by atoms with Crippen LogP contribution in [-0.2, 0) is 11.3 Å². The van der Waals surface area contributed by atoms with Gasteiger partial charge in [-0.3, -0.25) is 19.9 Å². The number of amides is 1. The summed E-state index contributed by atoms with van der Waals surface area (Å²) in [6, 6.07) is 19.2. The predicted molar refractivity (Wildman–Crippen MR) is 126 cm³/mol. The average molecular weight is 449 g/mol. The molecule has 162 valence electrons. The lowest BCUT2D eigenvalue weighted by atomic mass is 9.90. The van der Waals surface area contributed by atoms with Gasteiger partial charge in [0.1, 0.15) is 5.92 Å². The number of carbonyl (C=O) groups excluding carboxylic acids is 1. The number of hydrogen-bond donors (Lipinski definition) is 1. The van der Waals surface area contributed by atoms with E-state index in [9.17, 15) is 14.9 Å². The molecular formula is C24H21ClN4O3. The third kappa shape index (κ3) is 4.54. The Morgan fingerprint density at radius 2 is 1.88 bits per heavy atom. The first-order valence-electron chi connectivity index (χ1n) is 9.99. The number of carbonyl (C=O) groups is 1. The third-order valence-corrected chi connectivity index (χ3v) is 5.39. The Morgan fingerprint density at radius 1 is 1.12 bits per heavy atom. The van der Waals surface area contributed by atoms with Crippen molar-refractivity contribution < 1.29 is 9.72 Å². The summed E-state index contributed by atoms with van der Waals surface area (Å²) < 4.78 is 0. The number of aliphatic imine (C=N–C) groups is 1. The maximum Gasteiger partial charge on any atom is 0.269 e. The van der Waals surface area contributed by atoms with Gasteiger partial charge in [0.15, 0.2) is 0 Å². The highest BCUT2D eigenvalue weighted by atomic mass is 35.5. The first kappa shape index (κ1) is 21.7. The summed E-state index contributed by atoms with van der Waals surface area (Å²) in [7, 11) is 4.00. The monoisotopic (exact) mass is 448 g/mol. The van der Waals surface area contributed by atoms with Gasteiger partial charge in [-0.15, -0.1) is 0 Å². The Kier molecular flexibility index (Phi) is 6.03. The Labute approximate surface area is 190 Å². The van der Waals surface area contributed by atoms with Crippen LogP contribution in [0, 0.1) is 10.1 Å². The smallest absolute Gasteiger partial charge is 0.269 e. The van der Waals surface area contributed by atoms with Gasteiger partial charge in [0.2, 0.25) is 5.91 Å². The van der Waals surface area contributed by atoms with Crippen molar-refractivity contribution in [2.45, 2.75) is 12.5 Å². The van der Waals surface area contributed by atoms with Crippen LogP contribution in [0.25, 0.3) is 0 Å². The Balaban J connectivity index is 1.83. The Morgan fingerprint density at radius 3 is 2.53 bits per heavy atom. The molecule has 0 fully saturated rings. The van der Waals surface area contributed by atoms with Gasteiger partial charge in [0.05, 0.1) is 16.3 Å². The third-order valence-electron chi connectivity index (χ3n) is 5.16. The Bertz CT molecular complexity index is 1220. The lowest BCUT2D eigenvalue weighted by Crippen LogP contribution is -2.22. The van der Waals surface area contributed by atoms with Crippen LogP contribution in [-0.4, -0.2) is 35.5 Å². The molecule has 0 spiro atoms. The van der Waals surface area contributed by atoms with Crippen LogP contribution >= 0.6 is 11.6 Å². The second kappa shape index (κ2) is 8.90. The van der Waals surface area contributed by atoms with Crippen LogP contribution in [0.4, 0.5) is 17.1 Å². The topological polar surface area (TPSA) is 87.8 Å². The zero-order chi connectivity index (χ0) is 22.8. The minimum absolute atomic E-state index is 0.0799. The lowest BCUT2D eigenvalue weighted by molar-refractivity contribution is -0.384. The molecule has 8 heteroatoms.